The van der Waals surface area contributed by atoms with Gasteiger partial charge < -0.3 is 25.7 Å². The molecule has 0 radical (unpaired) electrons. The fourth-order valence-electron chi connectivity index (χ4n) is 1.61. The van der Waals surface area contributed by atoms with E-state index in [9.17, 15) is 19.2 Å². The molecule has 0 aliphatic heterocycles. The van der Waals surface area contributed by atoms with Crippen molar-refractivity contribution in [1.29, 1.82) is 0 Å². The van der Waals surface area contributed by atoms with Crippen LogP contribution in [0.1, 0.15) is 25.7 Å². The summed E-state index contributed by atoms with van der Waals surface area (Å²) >= 11 is 0. The summed E-state index contributed by atoms with van der Waals surface area (Å²) in [5, 5.41) is 22.4. The van der Waals surface area contributed by atoms with Crippen molar-refractivity contribution in [2.45, 2.75) is 31.7 Å². The number of carboxylic acids is 2. The summed E-state index contributed by atoms with van der Waals surface area (Å²) in [4.78, 5) is 44.8. The van der Waals surface area contributed by atoms with Crippen LogP contribution in [0, 0.1) is 0 Å². The zero-order valence-electron chi connectivity index (χ0n) is 11.5. The number of carboxylic acid groups (broad SMARTS) is 2. The van der Waals surface area contributed by atoms with E-state index in [0.29, 0.717) is 11.3 Å². The molecule has 9 nitrogen and oxygen atoms in total. The highest BCUT2D eigenvalue weighted by Crippen LogP contribution is 2.18. The summed E-state index contributed by atoms with van der Waals surface area (Å²) < 4.78 is 0. The van der Waals surface area contributed by atoms with Crippen LogP contribution < -0.4 is 10.6 Å². The van der Waals surface area contributed by atoms with Crippen molar-refractivity contribution >= 4 is 23.9 Å². The molecule has 0 unspecified atom stereocenters. The van der Waals surface area contributed by atoms with Crippen LogP contribution in [0.5, 0.6) is 0 Å². The lowest BCUT2D eigenvalue weighted by Crippen LogP contribution is -2.45. The number of hydrogen-bond donors (Lipinski definition) is 4. The number of amides is 3. The molecule has 1 aliphatic rings. The number of urea groups is 1. The van der Waals surface area contributed by atoms with Crippen LogP contribution in [0.15, 0.2) is 0 Å². The first kappa shape index (κ1) is 16.7. The third-order valence-corrected chi connectivity index (χ3v) is 2.74. The van der Waals surface area contributed by atoms with E-state index >= 15 is 0 Å². The van der Waals surface area contributed by atoms with Gasteiger partial charge in [-0.2, -0.15) is 0 Å². The predicted octanol–water partition coefficient (Wildman–Crippen LogP) is -0.774. The monoisotopic (exact) mass is 301 g/mol. The maximum absolute atomic E-state index is 11.6. The smallest absolute Gasteiger partial charge is 0.323 e. The summed E-state index contributed by atoms with van der Waals surface area (Å²) in [5.74, 6) is -2.68. The highest BCUT2D eigenvalue weighted by atomic mass is 16.4. The van der Waals surface area contributed by atoms with Crippen molar-refractivity contribution in [1.82, 2.24) is 15.5 Å². The zero-order chi connectivity index (χ0) is 15.8. The fraction of sp³-hybridized carbons (Fsp3) is 0.667. The molecule has 3 amide bonds. The van der Waals surface area contributed by atoms with Crippen molar-refractivity contribution in [2.24, 2.45) is 0 Å². The quantitative estimate of drug-likeness (QED) is 0.413. The van der Waals surface area contributed by atoms with Crippen molar-refractivity contribution in [2.75, 3.05) is 19.6 Å². The van der Waals surface area contributed by atoms with Gasteiger partial charge in [0.25, 0.3) is 0 Å². The van der Waals surface area contributed by atoms with Gasteiger partial charge in [-0.15, -0.1) is 0 Å². The molecule has 0 bridgehead atoms. The standard InChI is InChI=1S/C12H19N3O6/c16-9(14-8-3-4-8)2-1-5-13-12(21)15(6-10(17)18)7-11(19)20/h8H,1-7H2,(H,13,21)(H,14,16)(H,17,18)(H,19,20). The van der Waals surface area contributed by atoms with Crippen LogP contribution in [-0.2, 0) is 14.4 Å². The average Bonchev–Trinajstić information content (AvgIpc) is 3.16. The van der Waals surface area contributed by atoms with E-state index in [1.807, 2.05) is 0 Å². The number of nitrogens with zero attached hydrogens (tertiary/aromatic N) is 1. The van der Waals surface area contributed by atoms with E-state index in [2.05, 4.69) is 10.6 Å². The Hall–Kier alpha value is -2.32. The second-order valence-electron chi connectivity index (χ2n) is 4.82. The number of nitrogens with one attached hydrogen (secondary N) is 2. The molecule has 0 spiro atoms. The Balaban J connectivity index is 2.23. The molecular weight excluding hydrogens is 282 g/mol. The average molecular weight is 301 g/mol. The summed E-state index contributed by atoms with van der Waals surface area (Å²) in [5.41, 5.74) is 0. The van der Waals surface area contributed by atoms with Gasteiger partial charge in [0.15, 0.2) is 0 Å². The Labute approximate surface area is 121 Å². The summed E-state index contributed by atoms with van der Waals surface area (Å²) in [6.45, 7) is -1.22. The number of rotatable bonds is 9. The minimum atomic E-state index is -1.30. The van der Waals surface area contributed by atoms with E-state index < -0.39 is 31.1 Å². The molecule has 1 saturated carbocycles. The molecule has 0 aromatic carbocycles. The molecule has 0 aromatic rings. The second kappa shape index (κ2) is 8.08. The Morgan fingerprint density at radius 2 is 1.62 bits per heavy atom. The second-order valence-corrected chi connectivity index (χ2v) is 4.82. The number of hydrogen-bond acceptors (Lipinski definition) is 4. The Morgan fingerprint density at radius 1 is 1.05 bits per heavy atom. The van der Waals surface area contributed by atoms with Crippen LogP contribution >= 0.6 is 0 Å². The molecule has 0 saturated heterocycles. The molecule has 0 atom stereocenters. The first-order valence-corrected chi connectivity index (χ1v) is 6.64. The largest absolute Gasteiger partial charge is 0.480 e. The SMILES string of the molecule is O=C(O)CN(CC(=O)O)C(=O)NCCCC(=O)NC1CC1. The van der Waals surface area contributed by atoms with Crippen LogP contribution in [-0.4, -0.2) is 64.7 Å². The molecule has 4 N–H and O–H groups in total. The Bertz CT molecular complexity index is 405. The van der Waals surface area contributed by atoms with Gasteiger partial charge in [-0.3, -0.25) is 14.4 Å². The Morgan fingerprint density at radius 3 is 2.10 bits per heavy atom. The molecular formula is C12H19N3O6. The van der Waals surface area contributed by atoms with Crippen LogP contribution in [0.2, 0.25) is 0 Å². The third-order valence-electron chi connectivity index (χ3n) is 2.74. The molecule has 118 valence electrons. The van der Waals surface area contributed by atoms with Gasteiger partial charge in [-0.05, 0) is 19.3 Å². The van der Waals surface area contributed by atoms with Gasteiger partial charge in [0.2, 0.25) is 5.91 Å². The van der Waals surface area contributed by atoms with Gasteiger partial charge in [0, 0.05) is 19.0 Å². The minimum absolute atomic E-state index is 0.0836. The Kier molecular flexibility index (Phi) is 6.44. The van der Waals surface area contributed by atoms with Crippen molar-refractivity contribution in [3.05, 3.63) is 0 Å². The van der Waals surface area contributed by atoms with Gasteiger partial charge in [-0.1, -0.05) is 0 Å². The number of carbonyl (C=O) groups excluding carboxylic acids is 2. The van der Waals surface area contributed by atoms with Gasteiger partial charge in [0.1, 0.15) is 13.1 Å². The lowest BCUT2D eigenvalue weighted by atomic mass is 10.3. The first-order valence-electron chi connectivity index (χ1n) is 6.64. The van der Waals surface area contributed by atoms with Gasteiger partial charge in [-0.25, -0.2) is 4.79 Å². The van der Waals surface area contributed by atoms with Crippen LogP contribution in [0.4, 0.5) is 4.79 Å². The maximum Gasteiger partial charge on any atom is 0.323 e. The maximum atomic E-state index is 11.6. The number of carbonyl (C=O) groups is 4. The fourth-order valence-corrected chi connectivity index (χ4v) is 1.61. The lowest BCUT2D eigenvalue weighted by Gasteiger charge is -2.18. The van der Waals surface area contributed by atoms with Gasteiger partial charge in [0.05, 0.1) is 0 Å². The summed E-state index contributed by atoms with van der Waals surface area (Å²) in [7, 11) is 0. The van der Waals surface area contributed by atoms with E-state index in [0.717, 1.165) is 12.8 Å². The third kappa shape index (κ3) is 7.75. The van der Waals surface area contributed by atoms with E-state index in [1.54, 1.807) is 0 Å². The normalized spacial score (nSPS) is 13.3. The highest BCUT2D eigenvalue weighted by molar-refractivity contribution is 5.84. The van der Waals surface area contributed by atoms with E-state index in [1.165, 1.54) is 0 Å². The van der Waals surface area contributed by atoms with Gasteiger partial charge >= 0.3 is 18.0 Å². The molecule has 9 heteroatoms. The molecule has 0 heterocycles. The molecule has 0 aromatic heterocycles. The predicted molar refractivity (Wildman–Crippen MR) is 70.6 cm³/mol. The summed E-state index contributed by atoms with van der Waals surface area (Å²) in [6, 6.07) is -0.490. The molecule has 1 aliphatic carbocycles. The zero-order valence-corrected chi connectivity index (χ0v) is 11.5. The first-order chi connectivity index (χ1) is 9.88. The molecule has 1 fully saturated rings. The molecule has 21 heavy (non-hydrogen) atoms. The van der Waals surface area contributed by atoms with Crippen molar-refractivity contribution < 1.29 is 29.4 Å². The molecule has 1 rings (SSSR count). The minimum Gasteiger partial charge on any atom is -0.480 e. The lowest BCUT2D eigenvalue weighted by molar-refractivity contribution is -0.140. The van der Waals surface area contributed by atoms with Crippen LogP contribution in [0.25, 0.3) is 0 Å². The van der Waals surface area contributed by atoms with E-state index in [-0.39, 0.29) is 24.9 Å². The highest BCUT2D eigenvalue weighted by Gasteiger charge is 2.23. The summed E-state index contributed by atoms with van der Waals surface area (Å²) in [6.07, 6.45) is 2.66. The number of aliphatic carboxylic acids is 2. The van der Waals surface area contributed by atoms with Crippen LogP contribution in [0.3, 0.4) is 0 Å². The van der Waals surface area contributed by atoms with E-state index in [4.69, 9.17) is 10.2 Å². The van der Waals surface area contributed by atoms with Crippen molar-refractivity contribution in [3.63, 3.8) is 0 Å². The van der Waals surface area contributed by atoms with Crippen molar-refractivity contribution in [3.8, 4) is 0 Å². The topological polar surface area (TPSA) is 136 Å².